The number of carbonyl (C=O) groups excluding carboxylic acids is 1. The Balaban J connectivity index is 1.83. The monoisotopic (exact) mass is 237 g/mol. The molecule has 1 aromatic heterocycles. The molecule has 1 atom stereocenters. The van der Waals surface area contributed by atoms with Crippen LogP contribution in [0.4, 0.5) is 10.6 Å². The lowest BCUT2D eigenvalue weighted by Crippen LogP contribution is -2.44. The summed E-state index contributed by atoms with van der Waals surface area (Å²) in [7, 11) is 0. The van der Waals surface area contributed by atoms with Crippen molar-refractivity contribution in [1.29, 1.82) is 0 Å². The predicted octanol–water partition coefficient (Wildman–Crippen LogP) is 0.933. The molecule has 0 aromatic carbocycles. The number of amides is 2. The van der Waals surface area contributed by atoms with Crippen LogP contribution in [0.3, 0.4) is 0 Å². The van der Waals surface area contributed by atoms with E-state index in [4.69, 9.17) is 5.73 Å². The summed E-state index contributed by atoms with van der Waals surface area (Å²) >= 11 is 0. The van der Waals surface area contributed by atoms with Gasteiger partial charge < -0.3 is 16.0 Å². The summed E-state index contributed by atoms with van der Waals surface area (Å²) in [4.78, 5) is 13.8. The minimum absolute atomic E-state index is 0.0165. The van der Waals surface area contributed by atoms with Gasteiger partial charge in [0.2, 0.25) is 0 Å². The number of hydrogen-bond acceptors (Lipinski definition) is 3. The maximum Gasteiger partial charge on any atom is 0.317 e. The average molecular weight is 237 g/mol. The first kappa shape index (κ1) is 11.8. The number of nitrogen functional groups attached to an aromatic ring is 1. The van der Waals surface area contributed by atoms with Crippen molar-refractivity contribution in [2.24, 2.45) is 5.92 Å². The molecule has 94 valence electrons. The first-order chi connectivity index (χ1) is 8.16. The van der Waals surface area contributed by atoms with Gasteiger partial charge in [-0.05, 0) is 18.8 Å². The molecule has 0 spiro atoms. The molecule has 1 aliphatic rings. The summed E-state index contributed by atoms with van der Waals surface area (Å²) in [6, 6.07) is -0.0165. The topological polar surface area (TPSA) is 87.0 Å². The first-order valence-corrected chi connectivity index (χ1v) is 5.97. The van der Waals surface area contributed by atoms with Gasteiger partial charge in [0.1, 0.15) is 5.82 Å². The Labute approximate surface area is 101 Å². The lowest BCUT2D eigenvalue weighted by Gasteiger charge is -2.30. The van der Waals surface area contributed by atoms with Gasteiger partial charge in [-0.2, -0.15) is 5.10 Å². The van der Waals surface area contributed by atoms with Crippen LogP contribution in [-0.2, 0) is 6.54 Å². The molecule has 0 bridgehead atoms. The summed E-state index contributed by atoms with van der Waals surface area (Å²) < 4.78 is 0. The highest BCUT2D eigenvalue weighted by Crippen LogP contribution is 2.15. The molecule has 1 aromatic rings. The van der Waals surface area contributed by atoms with E-state index in [-0.39, 0.29) is 6.03 Å². The molecule has 1 unspecified atom stereocenters. The number of nitrogens with zero attached hydrogens (tertiary/aromatic N) is 2. The number of carbonyl (C=O) groups is 1. The molecule has 4 N–H and O–H groups in total. The van der Waals surface area contributed by atoms with Crippen LogP contribution < -0.4 is 11.1 Å². The van der Waals surface area contributed by atoms with Gasteiger partial charge in [-0.3, -0.25) is 5.10 Å². The molecule has 6 nitrogen and oxygen atoms in total. The van der Waals surface area contributed by atoms with Crippen molar-refractivity contribution in [3.05, 3.63) is 11.8 Å². The molecule has 6 heteroatoms. The van der Waals surface area contributed by atoms with E-state index in [0.717, 1.165) is 25.1 Å². The van der Waals surface area contributed by atoms with Crippen molar-refractivity contribution in [3.8, 4) is 0 Å². The smallest absolute Gasteiger partial charge is 0.317 e. The van der Waals surface area contributed by atoms with E-state index in [0.29, 0.717) is 18.3 Å². The van der Waals surface area contributed by atoms with Crippen molar-refractivity contribution in [1.82, 2.24) is 20.4 Å². The van der Waals surface area contributed by atoms with Crippen LogP contribution in [0.5, 0.6) is 0 Å². The molecule has 1 aliphatic heterocycles. The number of urea groups is 1. The average Bonchev–Trinajstić information content (AvgIpc) is 2.72. The van der Waals surface area contributed by atoms with Crippen LogP contribution in [0.2, 0.25) is 0 Å². The van der Waals surface area contributed by atoms with Gasteiger partial charge in [0.05, 0.1) is 6.20 Å². The molecule has 0 aliphatic carbocycles. The Morgan fingerprint density at radius 3 is 3.24 bits per heavy atom. The number of anilines is 1. The van der Waals surface area contributed by atoms with Gasteiger partial charge in [0.25, 0.3) is 0 Å². The van der Waals surface area contributed by atoms with E-state index < -0.39 is 0 Å². The number of aromatic amines is 1. The van der Waals surface area contributed by atoms with E-state index >= 15 is 0 Å². The molecular weight excluding hydrogens is 218 g/mol. The van der Waals surface area contributed by atoms with Crippen LogP contribution in [0.15, 0.2) is 6.20 Å². The quantitative estimate of drug-likeness (QED) is 0.715. The maximum absolute atomic E-state index is 11.9. The maximum atomic E-state index is 11.9. The summed E-state index contributed by atoms with van der Waals surface area (Å²) in [5, 5.41) is 9.31. The number of rotatable bonds is 2. The Bertz CT molecular complexity index is 389. The van der Waals surface area contributed by atoms with Gasteiger partial charge in [-0.15, -0.1) is 0 Å². The summed E-state index contributed by atoms with van der Waals surface area (Å²) in [5.74, 6) is 1.10. The van der Waals surface area contributed by atoms with Crippen molar-refractivity contribution in [3.63, 3.8) is 0 Å². The van der Waals surface area contributed by atoms with Gasteiger partial charge >= 0.3 is 6.03 Å². The highest BCUT2D eigenvalue weighted by molar-refractivity contribution is 5.74. The third kappa shape index (κ3) is 2.89. The van der Waals surface area contributed by atoms with Crippen LogP contribution in [-0.4, -0.2) is 34.2 Å². The van der Waals surface area contributed by atoms with E-state index in [1.165, 1.54) is 6.42 Å². The lowest BCUT2D eigenvalue weighted by atomic mass is 10.0. The van der Waals surface area contributed by atoms with E-state index in [9.17, 15) is 4.79 Å². The molecule has 0 radical (unpaired) electrons. The predicted molar refractivity (Wildman–Crippen MR) is 65.2 cm³/mol. The second-order valence-electron chi connectivity index (χ2n) is 4.66. The van der Waals surface area contributed by atoms with E-state index in [1.54, 1.807) is 6.20 Å². The zero-order valence-corrected chi connectivity index (χ0v) is 10.1. The van der Waals surface area contributed by atoms with E-state index in [1.807, 2.05) is 4.90 Å². The van der Waals surface area contributed by atoms with Crippen molar-refractivity contribution in [2.75, 3.05) is 18.8 Å². The largest absolute Gasteiger partial charge is 0.384 e. The number of aromatic nitrogens is 2. The van der Waals surface area contributed by atoms with Crippen molar-refractivity contribution in [2.45, 2.75) is 26.3 Å². The van der Waals surface area contributed by atoms with Crippen LogP contribution >= 0.6 is 0 Å². The third-order valence-corrected chi connectivity index (χ3v) is 3.13. The zero-order chi connectivity index (χ0) is 12.3. The number of likely N-dealkylation sites (tertiary alicyclic amines) is 1. The number of H-pyrrole nitrogens is 1. The fourth-order valence-electron chi connectivity index (χ4n) is 2.12. The number of nitrogens with two attached hydrogens (primary N) is 1. The third-order valence-electron chi connectivity index (χ3n) is 3.13. The SMILES string of the molecule is CC1CCCN(C(=O)NCc2cn[nH]c2N)C1. The van der Waals surface area contributed by atoms with Crippen LogP contribution in [0, 0.1) is 5.92 Å². The molecule has 1 saturated heterocycles. The molecule has 2 rings (SSSR count). The number of nitrogens with one attached hydrogen (secondary N) is 2. The minimum Gasteiger partial charge on any atom is -0.384 e. The molecule has 1 fully saturated rings. The van der Waals surface area contributed by atoms with Crippen molar-refractivity contribution < 1.29 is 4.79 Å². The van der Waals surface area contributed by atoms with Gasteiger partial charge in [-0.25, -0.2) is 4.79 Å². The highest BCUT2D eigenvalue weighted by atomic mass is 16.2. The number of piperidine rings is 1. The standard InChI is InChI=1S/C11H19N5O/c1-8-3-2-4-16(7-8)11(17)13-5-9-6-14-15-10(9)12/h6,8H,2-5,7H2,1H3,(H,13,17)(H3,12,14,15). The van der Waals surface area contributed by atoms with Gasteiger partial charge in [0, 0.05) is 25.2 Å². The summed E-state index contributed by atoms with van der Waals surface area (Å²) in [5.41, 5.74) is 6.47. The first-order valence-electron chi connectivity index (χ1n) is 5.97. The molecule has 0 saturated carbocycles. The van der Waals surface area contributed by atoms with Crippen molar-refractivity contribution >= 4 is 11.8 Å². The fourth-order valence-corrected chi connectivity index (χ4v) is 2.12. The fraction of sp³-hybridized carbons (Fsp3) is 0.636. The Morgan fingerprint density at radius 2 is 2.59 bits per heavy atom. The molecular formula is C11H19N5O. The minimum atomic E-state index is -0.0165. The Kier molecular flexibility index (Phi) is 3.51. The Morgan fingerprint density at radius 1 is 1.76 bits per heavy atom. The second-order valence-corrected chi connectivity index (χ2v) is 4.66. The van der Waals surface area contributed by atoms with Gasteiger partial charge in [0.15, 0.2) is 0 Å². The van der Waals surface area contributed by atoms with Crippen LogP contribution in [0.25, 0.3) is 0 Å². The van der Waals surface area contributed by atoms with Crippen LogP contribution in [0.1, 0.15) is 25.3 Å². The zero-order valence-electron chi connectivity index (χ0n) is 10.1. The summed E-state index contributed by atoms with van der Waals surface area (Å²) in [6.45, 7) is 4.28. The normalized spacial score (nSPS) is 20.3. The second kappa shape index (κ2) is 5.07. The van der Waals surface area contributed by atoms with Gasteiger partial charge in [-0.1, -0.05) is 6.92 Å². The molecule has 2 heterocycles. The van der Waals surface area contributed by atoms with E-state index in [2.05, 4.69) is 22.4 Å². The summed E-state index contributed by atoms with van der Waals surface area (Å²) in [6.07, 6.45) is 3.93. The molecule has 17 heavy (non-hydrogen) atoms. The lowest BCUT2D eigenvalue weighted by molar-refractivity contribution is 0.169. The molecule has 2 amide bonds. The highest BCUT2D eigenvalue weighted by Gasteiger charge is 2.20. The number of hydrogen-bond donors (Lipinski definition) is 3. The Hall–Kier alpha value is -1.72.